The molecular formula is C15H14ClN3O. The number of primary amides is 1. The smallest absolute Gasteiger partial charge is 0.252 e. The molecule has 2 aromatic rings. The van der Waals surface area contributed by atoms with Gasteiger partial charge < -0.3 is 10.3 Å². The normalized spacial score (nSPS) is 20.6. The minimum Gasteiger partial charge on any atom is -0.365 e. The molecule has 20 heavy (non-hydrogen) atoms. The van der Waals surface area contributed by atoms with Crippen molar-refractivity contribution < 1.29 is 4.79 Å². The SMILES string of the molecule is N=c1c(C(N)=O)cc(Cl)cn1C1CC1c1ccccc1. The third-order valence-electron chi connectivity index (χ3n) is 3.67. The molecule has 1 amide bonds. The van der Waals surface area contributed by atoms with Crippen LogP contribution >= 0.6 is 11.6 Å². The molecule has 0 saturated heterocycles. The highest BCUT2D eigenvalue weighted by atomic mass is 35.5. The van der Waals surface area contributed by atoms with E-state index in [2.05, 4.69) is 12.1 Å². The van der Waals surface area contributed by atoms with Crippen molar-refractivity contribution in [1.82, 2.24) is 4.57 Å². The maximum Gasteiger partial charge on any atom is 0.252 e. The Morgan fingerprint density at radius 3 is 2.70 bits per heavy atom. The Morgan fingerprint density at radius 2 is 2.05 bits per heavy atom. The summed E-state index contributed by atoms with van der Waals surface area (Å²) < 4.78 is 1.75. The quantitative estimate of drug-likeness (QED) is 0.894. The first kappa shape index (κ1) is 12.9. The lowest BCUT2D eigenvalue weighted by Crippen LogP contribution is -2.29. The second-order valence-electron chi connectivity index (χ2n) is 5.01. The third kappa shape index (κ3) is 2.23. The number of hydrogen-bond acceptors (Lipinski definition) is 2. The van der Waals surface area contributed by atoms with Crippen molar-refractivity contribution in [2.45, 2.75) is 18.4 Å². The molecule has 102 valence electrons. The fourth-order valence-corrected chi connectivity index (χ4v) is 2.79. The summed E-state index contributed by atoms with van der Waals surface area (Å²) in [4.78, 5) is 11.4. The number of benzene rings is 1. The molecule has 0 radical (unpaired) electrons. The molecule has 0 aliphatic heterocycles. The maximum absolute atomic E-state index is 11.4. The highest BCUT2D eigenvalue weighted by molar-refractivity contribution is 6.30. The number of amides is 1. The van der Waals surface area contributed by atoms with E-state index < -0.39 is 5.91 Å². The van der Waals surface area contributed by atoms with Crippen LogP contribution in [-0.2, 0) is 0 Å². The van der Waals surface area contributed by atoms with Gasteiger partial charge in [0, 0.05) is 18.2 Å². The summed E-state index contributed by atoms with van der Waals surface area (Å²) in [7, 11) is 0. The number of nitrogens with two attached hydrogens (primary N) is 1. The lowest BCUT2D eigenvalue weighted by atomic mass is 10.1. The Labute approximate surface area is 121 Å². The minimum atomic E-state index is -0.622. The van der Waals surface area contributed by atoms with Gasteiger partial charge in [0.2, 0.25) is 0 Å². The first-order chi connectivity index (χ1) is 9.58. The second kappa shape index (κ2) is 4.80. The zero-order chi connectivity index (χ0) is 14.3. The maximum atomic E-state index is 11.4. The molecule has 5 heteroatoms. The molecule has 1 fully saturated rings. The van der Waals surface area contributed by atoms with E-state index in [1.807, 2.05) is 18.2 Å². The number of halogens is 1. The number of aromatic nitrogens is 1. The van der Waals surface area contributed by atoms with Crippen molar-refractivity contribution in [3.05, 3.63) is 64.2 Å². The molecule has 1 heterocycles. The Balaban J connectivity index is 1.97. The van der Waals surface area contributed by atoms with E-state index in [1.54, 1.807) is 10.8 Å². The summed E-state index contributed by atoms with van der Waals surface area (Å²) in [6.45, 7) is 0. The van der Waals surface area contributed by atoms with E-state index in [-0.39, 0.29) is 17.1 Å². The lowest BCUT2D eigenvalue weighted by Gasteiger charge is -2.10. The van der Waals surface area contributed by atoms with Crippen LogP contribution in [0, 0.1) is 5.41 Å². The number of nitrogens with one attached hydrogen (secondary N) is 1. The predicted octanol–water partition coefficient (Wildman–Crippen LogP) is 2.45. The van der Waals surface area contributed by atoms with Gasteiger partial charge in [-0.1, -0.05) is 41.9 Å². The molecule has 1 aromatic carbocycles. The van der Waals surface area contributed by atoms with Crippen LogP contribution in [0.1, 0.15) is 34.3 Å². The molecule has 3 rings (SSSR count). The molecule has 1 aliphatic rings. The first-order valence-corrected chi connectivity index (χ1v) is 6.76. The number of carbonyl (C=O) groups excluding carboxylic acids is 1. The van der Waals surface area contributed by atoms with Gasteiger partial charge in [0.05, 0.1) is 10.6 Å². The van der Waals surface area contributed by atoms with Gasteiger partial charge in [-0.2, -0.15) is 0 Å². The Hall–Kier alpha value is -2.07. The van der Waals surface area contributed by atoms with Crippen LogP contribution in [0.2, 0.25) is 5.02 Å². The highest BCUT2D eigenvalue weighted by Gasteiger charge is 2.40. The van der Waals surface area contributed by atoms with Gasteiger partial charge >= 0.3 is 0 Å². The monoisotopic (exact) mass is 287 g/mol. The highest BCUT2D eigenvalue weighted by Crippen LogP contribution is 2.50. The fourth-order valence-electron chi connectivity index (χ4n) is 2.58. The van der Waals surface area contributed by atoms with Gasteiger partial charge in [-0.25, -0.2) is 0 Å². The summed E-state index contributed by atoms with van der Waals surface area (Å²) in [5.74, 6) is -0.257. The minimum absolute atomic E-state index is 0.130. The summed E-state index contributed by atoms with van der Waals surface area (Å²) in [5, 5.41) is 8.52. The van der Waals surface area contributed by atoms with Crippen LogP contribution in [0.5, 0.6) is 0 Å². The van der Waals surface area contributed by atoms with Crippen molar-refractivity contribution in [1.29, 1.82) is 5.41 Å². The topological polar surface area (TPSA) is 71.9 Å². The van der Waals surface area contributed by atoms with Crippen LogP contribution in [0.3, 0.4) is 0 Å². The fraction of sp³-hybridized carbons (Fsp3) is 0.200. The predicted molar refractivity (Wildman–Crippen MR) is 76.7 cm³/mol. The van der Waals surface area contributed by atoms with Gasteiger partial charge in [0.15, 0.2) is 0 Å². The molecule has 2 atom stereocenters. The number of hydrogen-bond donors (Lipinski definition) is 2. The van der Waals surface area contributed by atoms with Crippen molar-refractivity contribution in [3.8, 4) is 0 Å². The zero-order valence-corrected chi connectivity index (χ0v) is 11.5. The molecule has 2 unspecified atom stereocenters. The molecule has 1 aromatic heterocycles. The average molecular weight is 288 g/mol. The summed E-state index contributed by atoms with van der Waals surface area (Å²) in [5.41, 5.74) is 6.82. The lowest BCUT2D eigenvalue weighted by molar-refractivity contribution is 0.0997. The van der Waals surface area contributed by atoms with E-state index >= 15 is 0 Å². The van der Waals surface area contributed by atoms with Crippen LogP contribution in [-0.4, -0.2) is 10.5 Å². The van der Waals surface area contributed by atoms with Gasteiger partial charge in [0.1, 0.15) is 5.49 Å². The average Bonchev–Trinajstić information content (AvgIpc) is 3.22. The Kier molecular flexibility index (Phi) is 3.10. The van der Waals surface area contributed by atoms with Crippen LogP contribution in [0.4, 0.5) is 0 Å². The van der Waals surface area contributed by atoms with Crippen LogP contribution < -0.4 is 11.2 Å². The van der Waals surface area contributed by atoms with Gasteiger partial charge in [-0.05, 0) is 18.1 Å². The van der Waals surface area contributed by atoms with Gasteiger partial charge in [-0.3, -0.25) is 10.2 Å². The molecule has 0 bridgehead atoms. The standard InChI is InChI=1S/C15H14ClN3O/c16-10-6-12(15(18)20)14(17)19(8-10)13-7-11(13)9-4-2-1-3-5-9/h1-6,8,11,13,17H,7H2,(H2,18,20). The van der Waals surface area contributed by atoms with E-state index in [9.17, 15) is 4.79 Å². The van der Waals surface area contributed by atoms with Gasteiger partial charge in [-0.15, -0.1) is 0 Å². The molecule has 3 N–H and O–H groups in total. The zero-order valence-electron chi connectivity index (χ0n) is 10.7. The summed E-state index contributed by atoms with van der Waals surface area (Å²) in [6.07, 6.45) is 2.64. The van der Waals surface area contributed by atoms with Gasteiger partial charge in [0.25, 0.3) is 5.91 Å². The van der Waals surface area contributed by atoms with Crippen LogP contribution in [0.25, 0.3) is 0 Å². The largest absolute Gasteiger partial charge is 0.365 e. The summed E-state index contributed by atoms with van der Waals surface area (Å²) >= 11 is 6.02. The van der Waals surface area contributed by atoms with E-state index in [0.717, 1.165) is 6.42 Å². The second-order valence-corrected chi connectivity index (χ2v) is 5.45. The van der Waals surface area contributed by atoms with Crippen molar-refractivity contribution in [2.75, 3.05) is 0 Å². The Bertz CT molecular complexity index is 724. The number of nitrogens with zero attached hydrogens (tertiary/aromatic N) is 1. The summed E-state index contributed by atoms with van der Waals surface area (Å²) in [6, 6.07) is 11.8. The first-order valence-electron chi connectivity index (χ1n) is 6.39. The molecule has 0 spiro atoms. The van der Waals surface area contributed by atoms with E-state index in [0.29, 0.717) is 10.9 Å². The molecular weight excluding hydrogens is 274 g/mol. The van der Waals surface area contributed by atoms with Crippen LogP contribution in [0.15, 0.2) is 42.6 Å². The number of pyridine rings is 1. The van der Waals surface area contributed by atoms with E-state index in [4.69, 9.17) is 22.7 Å². The third-order valence-corrected chi connectivity index (χ3v) is 3.87. The molecule has 4 nitrogen and oxygen atoms in total. The Morgan fingerprint density at radius 1 is 1.35 bits per heavy atom. The van der Waals surface area contributed by atoms with Crippen molar-refractivity contribution >= 4 is 17.5 Å². The molecule has 1 aliphatic carbocycles. The molecule has 1 saturated carbocycles. The van der Waals surface area contributed by atoms with E-state index in [1.165, 1.54) is 11.6 Å². The van der Waals surface area contributed by atoms with Crippen molar-refractivity contribution in [3.63, 3.8) is 0 Å². The van der Waals surface area contributed by atoms with Crippen molar-refractivity contribution in [2.24, 2.45) is 5.73 Å². The number of carbonyl (C=O) groups is 1. The number of rotatable bonds is 3.